The third-order valence-electron chi connectivity index (χ3n) is 1.93. The molecule has 4 N–H and O–H groups in total. The van der Waals surface area contributed by atoms with E-state index >= 15 is 0 Å². The van der Waals surface area contributed by atoms with E-state index in [4.69, 9.17) is 5.73 Å². The normalized spacial score (nSPS) is 14.3. The molecule has 5 heteroatoms. The van der Waals surface area contributed by atoms with Gasteiger partial charge in [0, 0.05) is 7.05 Å². The van der Waals surface area contributed by atoms with Crippen LogP contribution in [0.3, 0.4) is 0 Å². The average Bonchev–Trinajstić information content (AvgIpc) is 2.16. The summed E-state index contributed by atoms with van der Waals surface area (Å²) in [7, 11) is 1.52. The van der Waals surface area contributed by atoms with Gasteiger partial charge in [-0.05, 0) is 13.3 Å². The van der Waals surface area contributed by atoms with Gasteiger partial charge in [0.2, 0.25) is 11.8 Å². The number of nitrogens with two attached hydrogens (primary N) is 1. The Labute approximate surface area is 84.4 Å². The molecule has 0 aliphatic carbocycles. The lowest BCUT2D eigenvalue weighted by Gasteiger charge is -2.15. The first-order valence-electron chi connectivity index (χ1n) is 4.80. The fraction of sp³-hybridized carbons (Fsp3) is 0.778. The second kappa shape index (κ2) is 6.37. The fourth-order valence-corrected chi connectivity index (χ4v) is 1.04. The molecule has 5 nitrogen and oxygen atoms in total. The number of nitrogens with one attached hydrogen (secondary N) is 2. The molecule has 82 valence electrons. The molecule has 14 heavy (non-hydrogen) atoms. The molecule has 0 fully saturated rings. The second-order valence-corrected chi connectivity index (χ2v) is 3.24. The van der Waals surface area contributed by atoms with Crippen LogP contribution < -0.4 is 16.4 Å². The van der Waals surface area contributed by atoms with Crippen LogP contribution in [0.4, 0.5) is 0 Å². The molecular weight excluding hydrogens is 182 g/mol. The molecule has 0 aliphatic rings. The predicted octanol–water partition coefficient (Wildman–Crippen LogP) is -0.635. The van der Waals surface area contributed by atoms with Gasteiger partial charge in [-0.2, -0.15) is 0 Å². The molecule has 0 bridgehead atoms. The van der Waals surface area contributed by atoms with Crippen molar-refractivity contribution in [3.63, 3.8) is 0 Å². The van der Waals surface area contributed by atoms with Crippen molar-refractivity contribution in [2.45, 2.75) is 38.8 Å². The topological polar surface area (TPSA) is 84.2 Å². The van der Waals surface area contributed by atoms with Gasteiger partial charge in [-0.3, -0.25) is 9.59 Å². The number of likely N-dealkylation sites (N-methyl/N-ethyl adjacent to an activating group) is 1. The van der Waals surface area contributed by atoms with E-state index in [1.54, 1.807) is 6.92 Å². The van der Waals surface area contributed by atoms with E-state index in [0.29, 0.717) is 6.42 Å². The largest absolute Gasteiger partial charge is 0.357 e. The third kappa shape index (κ3) is 4.23. The van der Waals surface area contributed by atoms with Gasteiger partial charge in [-0.15, -0.1) is 0 Å². The zero-order valence-electron chi connectivity index (χ0n) is 8.96. The minimum Gasteiger partial charge on any atom is -0.357 e. The predicted molar refractivity (Wildman–Crippen MR) is 54.6 cm³/mol. The zero-order chi connectivity index (χ0) is 11.1. The molecule has 0 saturated heterocycles. The Bertz CT molecular complexity index is 206. The van der Waals surface area contributed by atoms with Crippen LogP contribution in [0, 0.1) is 0 Å². The van der Waals surface area contributed by atoms with Crippen molar-refractivity contribution in [1.29, 1.82) is 0 Å². The van der Waals surface area contributed by atoms with E-state index in [1.807, 2.05) is 6.92 Å². The number of hydrogen-bond acceptors (Lipinski definition) is 3. The maximum Gasteiger partial charge on any atom is 0.242 e. The molecule has 2 unspecified atom stereocenters. The molecule has 2 amide bonds. The Morgan fingerprint density at radius 1 is 1.36 bits per heavy atom. The lowest BCUT2D eigenvalue weighted by atomic mass is 10.1. The third-order valence-corrected chi connectivity index (χ3v) is 1.93. The Morgan fingerprint density at radius 2 is 1.93 bits per heavy atom. The second-order valence-electron chi connectivity index (χ2n) is 3.24. The molecule has 0 aromatic heterocycles. The molecular formula is C9H19N3O2. The average molecular weight is 201 g/mol. The van der Waals surface area contributed by atoms with Crippen molar-refractivity contribution in [3.05, 3.63) is 0 Å². The van der Waals surface area contributed by atoms with E-state index in [1.165, 1.54) is 7.05 Å². The van der Waals surface area contributed by atoms with Crippen LogP contribution in [0.15, 0.2) is 0 Å². The van der Waals surface area contributed by atoms with Crippen LogP contribution in [0.2, 0.25) is 0 Å². The fourth-order valence-electron chi connectivity index (χ4n) is 1.04. The Kier molecular flexibility index (Phi) is 5.87. The first-order valence-corrected chi connectivity index (χ1v) is 4.80. The van der Waals surface area contributed by atoms with Crippen LogP contribution in [0.1, 0.15) is 26.7 Å². The number of rotatable bonds is 5. The maximum atomic E-state index is 11.3. The Hall–Kier alpha value is -1.10. The van der Waals surface area contributed by atoms with Crippen molar-refractivity contribution >= 4 is 11.8 Å². The summed E-state index contributed by atoms with van der Waals surface area (Å²) >= 11 is 0. The Morgan fingerprint density at radius 3 is 2.36 bits per heavy atom. The summed E-state index contributed by atoms with van der Waals surface area (Å²) in [6.45, 7) is 3.57. The number of hydrogen-bond donors (Lipinski definition) is 3. The summed E-state index contributed by atoms with van der Waals surface area (Å²) in [5.41, 5.74) is 5.57. The SMILES string of the molecule is CCCC(N)C(=O)NC(C)C(=O)NC. The molecule has 0 heterocycles. The van der Waals surface area contributed by atoms with Crippen molar-refractivity contribution in [2.75, 3.05) is 7.05 Å². The van der Waals surface area contributed by atoms with E-state index in [-0.39, 0.29) is 11.8 Å². The highest BCUT2D eigenvalue weighted by molar-refractivity contribution is 5.89. The van der Waals surface area contributed by atoms with Crippen LogP contribution in [-0.2, 0) is 9.59 Å². The van der Waals surface area contributed by atoms with Crippen molar-refractivity contribution in [2.24, 2.45) is 5.73 Å². The van der Waals surface area contributed by atoms with Gasteiger partial charge in [0.15, 0.2) is 0 Å². The number of carbonyl (C=O) groups excluding carboxylic acids is 2. The zero-order valence-corrected chi connectivity index (χ0v) is 8.96. The summed E-state index contributed by atoms with van der Waals surface area (Å²) in [5, 5.41) is 4.99. The van der Waals surface area contributed by atoms with Crippen molar-refractivity contribution in [3.8, 4) is 0 Å². The van der Waals surface area contributed by atoms with Gasteiger partial charge < -0.3 is 16.4 Å². The molecule has 0 aromatic rings. The minimum atomic E-state index is -0.532. The van der Waals surface area contributed by atoms with Crippen molar-refractivity contribution < 1.29 is 9.59 Å². The van der Waals surface area contributed by atoms with E-state index in [2.05, 4.69) is 10.6 Å². The summed E-state index contributed by atoms with van der Waals surface area (Å²) < 4.78 is 0. The molecule has 0 rings (SSSR count). The first kappa shape index (κ1) is 12.9. The molecule has 0 aromatic carbocycles. The first-order chi connectivity index (χ1) is 6.52. The standard InChI is InChI=1S/C9H19N3O2/c1-4-5-7(10)9(14)12-6(2)8(13)11-3/h6-7H,4-5,10H2,1-3H3,(H,11,13)(H,12,14). The van der Waals surface area contributed by atoms with Gasteiger partial charge in [0.25, 0.3) is 0 Å². The summed E-state index contributed by atoms with van der Waals surface area (Å²) in [6.07, 6.45) is 1.48. The molecule has 0 aliphatic heterocycles. The van der Waals surface area contributed by atoms with E-state index in [9.17, 15) is 9.59 Å². The van der Waals surface area contributed by atoms with E-state index in [0.717, 1.165) is 6.42 Å². The summed E-state index contributed by atoms with van der Waals surface area (Å²) in [5.74, 6) is -0.495. The van der Waals surface area contributed by atoms with Gasteiger partial charge in [-0.1, -0.05) is 13.3 Å². The number of amides is 2. The quantitative estimate of drug-likeness (QED) is 0.553. The highest BCUT2D eigenvalue weighted by Gasteiger charge is 2.18. The van der Waals surface area contributed by atoms with Gasteiger partial charge in [-0.25, -0.2) is 0 Å². The minimum absolute atomic E-state index is 0.220. The van der Waals surface area contributed by atoms with Crippen LogP contribution in [-0.4, -0.2) is 30.9 Å². The van der Waals surface area contributed by atoms with E-state index < -0.39 is 12.1 Å². The smallest absolute Gasteiger partial charge is 0.242 e. The van der Waals surface area contributed by atoms with Gasteiger partial charge in [0.05, 0.1) is 6.04 Å². The van der Waals surface area contributed by atoms with Crippen molar-refractivity contribution in [1.82, 2.24) is 10.6 Å². The van der Waals surface area contributed by atoms with Gasteiger partial charge >= 0.3 is 0 Å². The Balaban J connectivity index is 3.98. The summed E-state index contributed by atoms with van der Waals surface area (Å²) in [6, 6.07) is -1.05. The molecule has 2 atom stereocenters. The molecule has 0 saturated carbocycles. The van der Waals surface area contributed by atoms with Gasteiger partial charge in [0.1, 0.15) is 6.04 Å². The van der Waals surface area contributed by atoms with Crippen LogP contribution in [0.25, 0.3) is 0 Å². The lowest BCUT2D eigenvalue weighted by Crippen LogP contribution is -2.49. The lowest BCUT2D eigenvalue weighted by molar-refractivity contribution is -0.129. The molecule has 0 radical (unpaired) electrons. The monoisotopic (exact) mass is 201 g/mol. The maximum absolute atomic E-state index is 11.3. The summed E-state index contributed by atoms with van der Waals surface area (Å²) in [4.78, 5) is 22.4. The van der Waals surface area contributed by atoms with Crippen LogP contribution in [0.5, 0.6) is 0 Å². The van der Waals surface area contributed by atoms with Crippen LogP contribution >= 0.6 is 0 Å². The molecule has 0 spiro atoms. The highest BCUT2D eigenvalue weighted by Crippen LogP contribution is 1.94. The number of carbonyl (C=O) groups is 2. The highest BCUT2D eigenvalue weighted by atomic mass is 16.2.